The van der Waals surface area contributed by atoms with Crippen LogP contribution in [0.2, 0.25) is 0 Å². The van der Waals surface area contributed by atoms with Gasteiger partial charge in [-0.25, -0.2) is 0 Å². The van der Waals surface area contributed by atoms with Crippen molar-refractivity contribution in [3.8, 4) is 11.5 Å². The van der Waals surface area contributed by atoms with E-state index < -0.39 is 7.12 Å². The fourth-order valence-corrected chi connectivity index (χ4v) is 2.27. The molecule has 1 aromatic heterocycles. The van der Waals surface area contributed by atoms with Crippen molar-refractivity contribution in [3.05, 3.63) is 17.5 Å². The third-order valence-electron chi connectivity index (χ3n) is 1.94. The monoisotopic (exact) mass is 210 g/mol. The first-order chi connectivity index (χ1) is 6.59. The molecule has 1 heterocycles. The summed E-state index contributed by atoms with van der Waals surface area (Å²) in [6.45, 7) is 0. The van der Waals surface area contributed by atoms with Gasteiger partial charge in [-0.15, -0.1) is 11.3 Å². The van der Waals surface area contributed by atoms with E-state index in [1.54, 1.807) is 0 Å². The van der Waals surface area contributed by atoms with Crippen molar-refractivity contribution in [1.82, 2.24) is 0 Å². The molecule has 0 saturated heterocycles. The number of rotatable bonds is 1. The smallest absolute Gasteiger partial charge is 0.490 e. The second-order valence-electron chi connectivity index (χ2n) is 2.91. The van der Waals surface area contributed by atoms with Crippen LogP contribution in [-0.2, 0) is 0 Å². The number of hydrogen-bond donors (Lipinski definition) is 4. The summed E-state index contributed by atoms with van der Waals surface area (Å²) in [5, 5.41) is 38.6. The first kappa shape index (κ1) is 9.33. The van der Waals surface area contributed by atoms with E-state index in [1.165, 1.54) is 28.8 Å². The fourth-order valence-electron chi connectivity index (χ4n) is 1.33. The molecule has 14 heavy (non-hydrogen) atoms. The minimum absolute atomic E-state index is 0.0304. The van der Waals surface area contributed by atoms with Crippen LogP contribution in [0.25, 0.3) is 10.1 Å². The molecule has 0 aliphatic rings. The molecule has 1 aromatic carbocycles. The molecule has 0 atom stereocenters. The van der Waals surface area contributed by atoms with E-state index in [2.05, 4.69) is 0 Å². The highest BCUT2D eigenvalue weighted by Crippen LogP contribution is 2.32. The third-order valence-corrected chi connectivity index (χ3v) is 2.98. The van der Waals surface area contributed by atoms with Crippen molar-refractivity contribution < 1.29 is 20.3 Å². The predicted molar refractivity (Wildman–Crippen MR) is 55.0 cm³/mol. The van der Waals surface area contributed by atoms with Gasteiger partial charge in [-0.1, -0.05) is 0 Å². The average Bonchev–Trinajstić information content (AvgIpc) is 2.47. The van der Waals surface area contributed by atoms with Gasteiger partial charge in [0.05, 0.1) is 0 Å². The number of phenolic OH excluding ortho intramolecular Hbond substituents is 1. The SMILES string of the molecule is OB(O)c1cc(O)cc2c(O)csc12. The first-order valence-corrected chi connectivity index (χ1v) is 4.77. The van der Waals surface area contributed by atoms with Gasteiger partial charge in [0.25, 0.3) is 0 Å². The summed E-state index contributed by atoms with van der Waals surface area (Å²) in [5.74, 6) is -0.0721. The molecule has 0 saturated carbocycles. The molecular formula is C8H7BO4S. The van der Waals surface area contributed by atoms with Crippen LogP contribution in [0.4, 0.5) is 0 Å². The number of hydrogen-bond acceptors (Lipinski definition) is 5. The molecule has 6 heteroatoms. The van der Waals surface area contributed by atoms with Crippen LogP contribution < -0.4 is 5.46 Å². The molecule has 0 bridgehead atoms. The van der Waals surface area contributed by atoms with Crippen molar-refractivity contribution in [2.75, 3.05) is 0 Å². The van der Waals surface area contributed by atoms with E-state index in [4.69, 9.17) is 10.0 Å². The summed E-state index contributed by atoms with van der Waals surface area (Å²) in [7, 11) is -1.65. The van der Waals surface area contributed by atoms with Gasteiger partial charge in [-0.05, 0) is 12.1 Å². The van der Waals surface area contributed by atoms with Crippen molar-refractivity contribution in [3.63, 3.8) is 0 Å². The maximum absolute atomic E-state index is 9.38. The summed E-state index contributed by atoms with van der Waals surface area (Å²) in [6.07, 6.45) is 0. The van der Waals surface area contributed by atoms with E-state index in [0.717, 1.165) is 0 Å². The predicted octanol–water partition coefficient (Wildman–Crippen LogP) is -0.00770. The van der Waals surface area contributed by atoms with Gasteiger partial charge >= 0.3 is 7.12 Å². The van der Waals surface area contributed by atoms with Crippen molar-refractivity contribution >= 4 is 34.0 Å². The molecule has 0 amide bonds. The molecule has 72 valence electrons. The number of phenols is 1. The number of fused-ring (bicyclic) bond motifs is 1. The zero-order chi connectivity index (χ0) is 10.3. The summed E-state index contributed by atoms with van der Waals surface area (Å²) in [4.78, 5) is 0. The van der Waals surface area contributed by atoms with Crippen molar-refractivity contribution in [2.24, 2.45) is 0 Å². The lowest BCUT2D eigenvalue weighted by Gasteiger charge is -2.02. The Labute approximate surface area is 83.8 Å². The molecule has 4 nitrogen and oxygen atoms in total. The van der Waals surface area contributed by atoms with E-state index in [-0.39, 0.29) is 17.0 Å². The Hall–Kier alpha value is -1.24. The second kappa shape index (κ2) is 3.16. The highest BCUT2D eigenvalue weighted by atomic mass is 32.1. The number of benzene rings is 1. The molecule has 0 spiro atoms. The molecule has 4 N–H and O–H groups in total. The molecule has 0 fully saturated rings. The zero-order valence-corrected chi connectivity index (χ0v) is 7.82. The largest absolute Gasteiger partial charge is 0.508 e. The van der Waals surface area contributed by atoms with E-state index in [0.29, 0.717) is 10.1 Å². The Balaban J connectivity index is 2.82. The number of aromatic hydroxyl groups is 2. The second-order valence-corrected chi connectivity index (χ2v) is 3.79. The van der Waals surface area contributed by atoms with Gasteiger partial charge in [0.15, 0.2) is 0 Å². The highest BCUT2D eigenvalue weighted by molar-refractivity contribution is 7.19. The third kappa shape index (κ3) is 1.33. The Morgan fingerprint density at radius 2 is 1.86 bits per heavy atom. The zero-order valence-electron chi connectivity index (χ0n) is 7.01. The van der Waals surface area contributed by atoms with E-state index in [1.807, 2.05) is 0 Å². The maximum Gasteiger partial charge on any atom is 0.490 e. The van der Waals surface area contributed by atoms with Gasteiger partial charge in [0.1, 0.15) is 11.5 Å². The van der Waals surface area contributed by atoms with Crippen molar-refractivity contribution in [1.29, 1.82) is 0 Å². The van der Waals surface area contributed by atoms with Crippen molar-refractivity contribution in [2.45, 2.75) is 0 Å². The lowest BCUT2D eigenvalue weighted by atomic mass is 9.79. The van der Waals surface area contributed by atoms with Crippen LogP contribution in [0.3, 0.4) is 0 Å². The Kier molecular flexibility index (Phi) is 2.11. The van der Waals surface area contributed by atoms with Gasteiger partial charge in [0, 0.05) is 20.9 Å². The molecule has 0 aliphatic heterocycles. The van der Waals surface area contributed by atoms with E-state index in [9.17, 15) is 10.2 Å². The summed E-state index contributed by atoms with van der Waals surface area (Å²) in [5.41, 5.74) is 0.199. The van der Waals surface area contributed by atoms with Gasteiger partial charge in [0.2, 0.25) is 0 Å². The molecule has 0 aliphatic carbocycles. The van der Waals surface area contributed by atoms with Crippen LogP contribution >= 0.6 is 11.3 Å². The molecule has 0 radical (unpaired) electrons. The molecule has 2 aromatic rings. The van der Waals surface area contributed by atoms with Gasteiger partial charge < -0.3 is 20.3 Å². The Morgan fingerprint density at radius 1 is 1.14 bits per heavy atom. The molecule has 0 unspecified atom stereocenters. The van der Waals surface area contributed by atoms with Gasteiger partial charge in [-0.3, -0.25) is 0 Å². The lowest BCUT2D eigenvalue weighted by molar-refractivity contribution is 0.425. The van der Waals surface area contributed by atoms with Crippen LogP contribution in [0, 0.1) is 0 Å². The van der Waals surface area contributed by atoms with Crippen LogP contribution in [-0.4, -0.2) is 27.4 Å². The van der Waals surface area contributed by atoms with Crippen LogP contribution in [0.5, 0.6) is 11.5 Å². The van der Waals surface area contributed by atoms with Crippen LogP contribution in [0.15, 0.2) is 17.5 Å². The van der Waals surface area contributed by atoms with Gasteiger partial charge in [-0.2, -0.15) is 0 Å². The fraction of sp³-hybridized carbons (Fsp3) is 0. The van der Waals surface area contributed by atoms with E-state index >= 15 is 0 Å². The minimum Gasteiger partial charge on any atom is -0.508 e. The summed E-state index contributed by atoms with van der Waals surface area (Å²) < 4.78 is 0.565. The van der Waals surface area contributed by atoms with Crippen LogP contribution in [0.1, 0.15) is 0 Å². The summed E-state index contributed by atoms with van der Waals surface area (Å²) >= 11 is 1.20. The maximum atomic E-state index is 9.38. The quantitative estimate of drug-likeness (QED) is 0.499. The first-order valence-electron chi connectivity index (χ1n) is 3.89. The standard InChI is InChI=1S/C8H7BO4S/c10-4-1-5-7(11)3-14-8(5)6(2-4)9(12)13/h1-3,10-13H. The average molecular weight is 210 g/mol. The topological polar surface area (TPSA) is 80.9 Å². The molecule has 2 rings (SSSR count). The Bertz CT molecular complexity index is 479. The minimum atomic E-state index is -1.65. The molecular weight excluding hydrogens is 203 g/mol. The normalized spacial score (nSPS) is 10.7. The highest BCUT2D eigenvalue weighted by Gasteiger charge is 2.18. The Morgan fingerprint density at radius 3 is 2.50 bits per heavy atom. The lowest BCUT2D eigenvalue weighted by Crippen LogP contribution is -2.29. The number of thiophene rings is 1. The summed E-state index contributed by atoms with van der Waals surface area (Å²) in [6, 6.07) is 2.65.